The second kappa shape index (κ2) is 8.63. The van der Waals surface area contributed by atoms with Gasteiger partial charge in [0.2, 0.25) is 0 Å². The minimum absolute atomic E-state index is 0.0407. The molecule has 8 heteroatoms. The largest absolute Gasteiger partial charge is 0.368 e. The average molecular weight is 434 g/mol. The van der Waals surface area contributed by atoms with Gasteiger partial charge in [0.25, 0.3) is 11.8 Å². The van der Waals surface area contributed by atoms with Gasteiger partial charge in [-0.15, -0.1) is 0 Å². The van der Waals surface area contributed by atoms with Crippen LogP contribution in [0.3, 0.4) is 0 Å². The quantitative estimate of drug-likeness (QED) is 0.630. The summed E-state index contributed by atoms with van der Waals surface area (Å²) < 4.78 is 7.63. The first-order valence-corrected chi connectivity index (χ1v) is 11.0. The molecular formula is C24H27N5O3. The molecule has 0 unspecified atom stereocenters. The number of rotatable bonds is 3. The number of carbonyl (C=O) groups excluding carboxylic acids is 2. The number of piperazine rings is 1. The molecule has 1 atom stereocenters. The number of aromatic nitrogens is 2. The van der Waals surface area contributed by atoms with Gasteiger partial charge < -0.3 is 23.8 Å². The van der Waals surface area contributed by atoms with Crippen molar-refractivity contribution in [1.82, 2.24) is 19.2 Å². The monoisotopic (exact) mass is 433 g/mol. The van der Waals surface area contributed by atoms with Gasteiger partial charge in [0.15, 0.2) is 6.10 Å². The number of amides is 2. The maximum absolute atomic E-state index is 13.1. The Balaban J connectivity index is 1.22. The Bertz CT molecular complexity index is 1120. The van der Waals surface area contributed by atoms with Gasteiger partial charge in [-0.1, -0.05) is 24.3 Å². The molecule has 0 spiro atoms. The molecule has 5 rings (SSSR count). The molecule has 0 aliphatic carbocycles. The van der Waals surface area contributed by atoms with Crippen LogP contribution in [0.2, 0.25) is 0 Å². The number of nitrogens with zero attached hydrogens (tertiary/aromatic N) is 5. The molecule has 32 heavy (non-hydrogen) atoms. The second-order valence-corrected chi connectivity index (χ2v) is 8.31. The Morgan fingerprint density at radius 1 is 0.969 bits per heavy atom. The number of benzene rings is 1. The van der Waals surface area contributed by atoms with Crippen molar-refractivity contribution in [2.45, 2.75) is 13.0 Å². The highest BCUT2D eigenvalue weighted by Crippen LogP contribution is 2.18. The highest BCUT2D eigenvalue weighted by Gasteiger charge is 2.34. The van der Waals surface area contributed by atoms with Gasteiger partial charge in [-0.05, 0) is 30.7 Å². The lowest BCUT2D eigenvalue weighted by atomic mass is 10.2. The summed E-state index contributed by atoms with van der Waals surface area (Å²) in [5, 5.41) is 0. The molecule has 2 fully saturated rings. The smallest absolute Gasteiger partial charge is 0.274 e. The van der Waals surface area contributed by atoms with E-state index in [0.29, 0.717) is 31.9 Å². The predicted octanol–water partition coefficient (Wildman–Crippen LogP) is 1.83. The van der Waals surface area contributed by atoms with Crippen LogP contribution in [0.5, 0.6) is 0 Å². The highest BCUT2D eigenvalue weighted by molar-refractivity contribution is 5.93. The molecule has 0 N–H and O–H groups in total. The molecule has 3 aromatic rings. The van der Waals surface area contributed by atoms with Crippen molar-refractivity contribution in [2.24, 2.45) is 0 Å². The van der Waals surface area contributed by atoms with Crippen LogP contribution in [0.25, 0.3) is 5.65 Å². The van der Waals surface area contributed by atoms with Crippen molar-refractivity contribution >= 4 is 23.1 Å². The van der Waals surface area contributed by atoms with Gasteiger partial charge >= 0.3 is 0 Å². The molecule has 166 valence electrons. The van der Waals surface area contributed by atoms with Crippen LogP contribution in [-0.2, 0) is 9.53 Å². The average Bonchev–Trinajstić information content (AvgIpc) is 3.30. The van der Waals surface area contributed by atoms with E-state index in [9.17, 15) is 9.59 Å². The summed E-state index contributed by atoms with van der Waals surface area (Å²) in [7, 11) is 0. The SMILES string of the molecule is Cc1cccn2cc(C(=O)N3CCO[C@@H](C(=O)N4CCN(c5ccccc5)CC4)C3)nc12. The fourth-order valence-corrected chi connectivity index (χ4v) is 4.43. The maximum atomic E-state index is 13.1. The van der Waals surface area contributed by atoms with Gasteiger partial charge in [0, 0.05) is 50.8 Å². The number of pyridine rings is 1. The fourth-order valence-electron chi connectivity index (χ4n) is 4.43. The highest BCUT2D eigenvalue weighted by atomic mass is 16.5. The Hall–Kier alpha value is -3.39. The van der Waals surface area contributed by atoms with E-state index < -0.39 is 6.10 Å². The summed E-state index contributed by atoms with van der Waals surface area (Å²) in [4.78, 5) is 36.5. The number of hydrogen-bond donors (Lipinski definition) is 0. The standard InChI is InChI=1S/C24H27N5O3/c1-18-6-5-9-28-16-20(25-22(18)28)23(30)29-14-15-32-21(17-29)24(31)27-12-10-26(11-13-27)19-7-3-2-4-8-19/h2-9,16,21H,10-15,17H2,1H3/t21-/m1/s1. The number of imidazole rings is 1. The third-order valence-electron chi connectivity index (χ3n) is 6.24. The van der Waals surface area contributed by atoms with E-state index in [2.05, 4.69) is 22.0 Å². The van der Waals surface area contributed by atoms with Crippen LogP contribution in [0.1, 0.15) is 16.1 Å². The number of anilines is 1. The van der Waals surface area contributed by atoms with E-state index in [1.807, 2.05) is 52.8 Å². The topological polar surface area (TPSA) is 70.4 Å². The first-order valence-electron chi connectivity index (χ1n) is 11.0. The van der Waals surface area contributed by atoms with E-state index >= 15 is 0 Å². The molecule has 4 heterocycles. The maximum Gasteiger partial charge on any atom is 0.274 e. The van der Waals surface area contributed by atoms with Crippen molar-refractivity contribution in [1.29, 1.82) is 0 Å². The van der Waals surface area contributed by atoms with Crippen molar-refractivity contribution in [2.75, 3.05) is 50.8 Å². The van der Waals surface area contributed by atoms with Gasteiger partial charge in [0.05, 0.1) is 13.2 Å². The summed E-state index contributed by atoms with van der Waals surface area (Å²) in [6.45, 7) is 5.88. The summed E-state index contributed by atoms with van der Waals surface area (Å²) in [6.07, 6.45) is 3.00. The minimum Gasteiger partial charge on any atom is -0.368 e. The third kappa shape index (κ3) is 3.93. The summed E-state index contributed by atoms with van der Waals surface area (Å²) in [5.41, 5.74) is 3.35. The predicted molar refractivity (Wildman–Crippen MR) is 121 cm³/mol. The number of ether oxygens (including phenoxy) is 1. The number of hydrogen-bond acceptors (Lipinski definition) is 5. The van der Waals surface area contributed by atoms with Crippen LogP contribution in [0.4, 0.5) is 5.69 Å². The first kappa shape index (κ1) is 20.5. The van der Waals surface area contributed by atoms with Crippen LogP contribution >= 0.6 is 0 Å². The van der Waals surface area contributed by atoms with Crippen LogP contribution in [-0.4, -0.2) is 83.0 Å². The van der Waals surface area contributed by atoms with Crippen LogP contribution in [0.15, 0.2) is 54.9 Å². The number of aryl methyl sites for hydroxylation is 1. The van der Waals surface area contributed by atoms with Crippen molar-refractivity contribution in [3.8, 4) is 0 Å². The van der Waals surface area contributed by atoms with E-state index in [-0.39, 0.29) is 18.4 Å². The number of para-hydroxylation sites is 1. The molecule has 2 amide bonds. The third-order valence-corrected chi connectivity index (χ3v) is 6.24. The number of fused-ring (bicyclic) bond motifs is 1. The summed E-state index contributed by atoms with van der Waals surface area (Å²) in [6, 6.07) is 14.1. The zero-order chi connectivity index (χ0) is 22.1. The van der Waals surface area contributed by atoms with Crippen LogP contribution in [0, 0.1) is 6.92 Å². The second-order valence-electron chi connectivity index (χ2n) is 8.31. The molecule has 2 saturated heterocycles. The summed E-state index contributed by atoms with van der Waals surface area (Å²) >= 11 is 0. The Labute approximate surface area is 187 Å². The lowest BCUT2D eigenvalue weighted by molar-refractivity contribution is -0.148. The van der Waals surface area contributed by atoms with Gasteiger partial charge in [-0.25, -0.2) is 4.98 Å². The molecule has 2 aliphatic heterocycles. The van der Waals surface area contributed by atoms with E-state index in [1.54, 1.807) is 11.1 Å². The van der Waals surface area contributed by atoms with Crippen molar-refractivity contribution < 1.29 is 14.3 Å². The Morgan fingerprint density at radius 2 is 1.75 bits per heavy atom. The lowest BCUT2D eigenvalue weighted by Gasteiger charge is -2.39. The Morgan fingerprint density at radius 3 is 2.50 bits per heavy atom. The molecule has 0 bridgehead atoms. The molecule has 8 nitrogen and oxygen atoms in total. The van der Waals surface area contributed by atoms with Crippen molar-refractivity contribution in [3.05, 3.63) is 66.1 Å². The van der Waals surface area contributed by atoms with E-state index in [4.69, 9.17) is 4.74 Å². The van der Waals surface area contributed by atoms with Gasteiger partial charge in [0.1, 0.15) is 11.3 Å². The number of carbonyl (C=O) groups is 2. The number of morpholine rings is 1. The van der Waals surface area contributed by atoms with E-state index in [0.717, 1.165) is 24.3 Å². The Kier molecular flexibility index (Phi) is 5.53. The van der Waals surface area contributed by atoms with Crippen LogP contribution < -0.4 is 4.90 Å². The van der Waals surface area contributed by atoms with Gasteiger partial charge in [-0.2, -0.15) is 0 Å². The molecule has 2 aliphatic rings. The first-order chi connectivity index (χ1) is 15.6. The van der Waals surface area contributed by atoms with Crippen molar-refractivity contribution in [3.63, 3.8) is 0 Å². The zero-order valence-corrected chi connectivity index (χ0v) is 18.2. The lowest BCUT2D eigenvalue weighted by Crippen LogP contribution is -2.56. The summed E-state index contributed by atoms with van der Waals surface area (Å²) in [5.74, 6) is -0.204. The molecule has 1 aromatic carbocycles. The fraction of sp³-hybridized carbons (Fsp3) is 0.375. The van der Waals surface area contributed by atoms with E-state index in [1.165, 1.54) is 5.69 Å². The molecule has 2 aromatic heterocycles. The molecule has 0 radical (unpaired) electrons. The molecule has 0 saturated carbocycles. The zero-order valence-electron chi connectivity index (χ0n) is 18.2. The normalized spacial score (nSPS) is 19.4. The molecular weight excluding hydrogens is 406 g/mol. The van der Waals surface area contributed by atoms with Gasteiger partial charge in [-0.3, -0.25) is 9.59 Å². The minimum atomic E-state index is -0.630.